The van der Waals surface area contributed by atoms with Gasteiger partial charge in [0.1, 0.15) is 5.82 Å². The number of nitrogens with one attached hydrogen (secondary N) is 2. The van der Waals surface area contributed by atoms with Crippen LogP contribution >= 0.6 is 11.6 Å². The van der Waals surface area contributed by atoms with E-state index in [4.69, 9.17) is 21.1 Å². The maximum atomic E-state index is 15.2. The quantitative estimate of drug-likeness (QED) is 0.295. The van der Waals surface area contributed by atoms with Crippen molar-refractivity contribution >= 4 is 17.6 Å². The van der Waals surface area contributed by atoms with Crippen LogP contribution in [0.3, 0.4) is 0 Å². The number of methoxy groups -OCH3 is 2. The molecule has 1 saturated carbocycles. The van der Waals surface area contributed by atoms with Gasteiger partial charge in [0.15, 0.2) is 0 Å². The van der Waals surface area contributed by atoms with Gasteiger partial charge in [-0.1, -0.05) is 23.7 Å². The van der Waals surface area contributed by atoms with E-state index in [1.807, 2.05) is 7.05 Å². The number of halogens is 2. The molecule has 9 heteroatoms. The number of unbranched alkanes of at least 4 members (excludes halogenated alkanes) is 1. The summed E-state index contributed by atoms with van der Waals surface area (Å²) in [5, 5.41) is 18.5. The molecule has 3 N–H and O–H groups in total. The Kier molecular flexibility index (Phi) is 12.6. The molecule has 38 heavy (non-hydrogen) atoms. The molecule has 3 unspecified atom stereocenters. The number of likely N-dealkylation sites (tertiary alicyclic amines) is 1. The molecular formula is C29H47ClFN3O4. The Bertz CT molecular complexity index is 870. The number of benzene rings is 1. The molecular weight excluding hydrogens is 509 g/mol. The van der Waals surface area contributed by atoms with Crippen molar-refractivity contribution in [3.05, 3.63) is 34.6 Å². The molecule has 1 aliphatic heterocycles. The molecule has 1 heterocycles. The van der Waals surface area contributed by atoms with Crippen LogP contribution in [0.5, 0.6) is 0 Å². The third-order valence-electron chi connectivity index (χ3n) is 8.48. The van der Waals surface area contributed by atoms with Crippen LogP contribution in [0.4, 0.5) is 9.18 Å². The average molecular weight is 556 g/mol. The predicted molar refractivity (Wildman–Crippen MR) is 149 cm³/mol. The Hall–Kier alpha value is -1.45. The number of likely N-dealkylation sites (N-methyl/N-ethyl adjacent to an activating group) is 1. The smallest absolute Gasteiger partial charge is 0.317 e. The molecule has 1 aromatic carbocycles. The van der Waals surface area contributed by atoms with Crippen molar-refractivity contribution in [3.8, 4) is 0 Å². The zero-order valence-electron chi connectivity index (χ0n) is 23.3. The van der Waals surface area contributed by atoms with Crippen LogP contribution in [0, 0.1) is 17.7 Å². The summed E-state index contributed by atoms with van der Waals surface area (Å²) in [5.41, 5.74) is -1.21. The SMILES string of the molecule is CNCC(CC1CCC(OC)CC1)NC(=O)N1CCCC(C(O)(CCCCOC)c2cccc(Cl)c2F)C1. The van der Waals surface area contributed by atoms with Gasteiger partial charge in [-0.2, -0.15) is 0 Å². The lowest BCUT2D eigenvalue weighted by atomic mass is 9.74. The predicted octanol–water partition coefficient (Wildman–Crippen LogP) is 5.09. The molecule has 3 rings (SSSR count). The fraction of sp³-hybridized carbons (Fsp3) is 0.759. The number of hydrogen-bond acceptors (Lipinski definition) is 5. The Balaban J connectivity index is 1.69. The summed E-state index contributed by atoms with van der Waals surface area (Å²) in [7, 11) is 5.33. The number of carbonyl (C=O) groups excluding carboxylic acids is 1. The summed E-state index contributed by atoms with van der Waals surface area (Å²) >= 11 is 6.11. The van der Waals surface area contributed by atoms with Gasteiger partial charge in [-0.15, -0.1) is 0 Å². The summed E-state index contributed by atoms with van der Waals surface area (Å²) in [6.45, 7) is 2.26. The van der Waals surface area contributed by atoms with Crippen molar-refractivity contribution in [1.29, 1.82) is 0 Å². The van der Waals surface area contributed by atoms with Crippen LogP contribution in [0.2, 0.25) is 5.02 Å². The van der Waals surface area contributed by atoms with Crippen molar-refractivity contribution in [2.75, 3.05) is 47.5 Å². The van der Waals surface area contributed by atoms with Crippen LogP contribution < -0.4 is 10.6 Å². The topological polar surface area (TPSA) is 83.1 Å². The highest BCUT2D eigenvalue weighted by Crippen LogP contribution is 2.42. The van der Waals surface area contributed by atoms with Gasteiger partial charge < -0.3 is 30.1 Å². The second-order valence-corrected chi connectivity index (χ2v) is 11.5. The molecule has 3 atom stereocenters. The van der Waals surface area contributed by atoms with Crippen molar-refractivity contribution in [2.24, 2.45) is 11.8 Å². The van der Waals surface area contributed by atoms with Gasteiger partial charge >= 0.3 is 6.03 Å². The van der Waals surface area contributed by atoms with Crippen LogP contribution in [0.25, 0.3) is 0 Å². The van der Waals surface area contributed by atoms with Gasteiger partial charge in [0, 0.05) is 58.0 Å². The van der Waals surface area contributed by atoms with Crippen LogP contribution in [-0.4, -0.2) is 75.7 Å². The fourth-order valence-electron chi connectivity index (χ4n) is 6.30. The summed E-state index contributed by atoms with van der Waals surface area (Å²) in [4.78, 5) is 15.2. The number of amides is 2. The van der Waals surface area contributed by atoms with E-state index < -0.39 is 11.4 Å². The molecule has 1 saturated heterocycles. The molecule has 0 spiro atoms. The number of carbonyl (C=O) groups is 1. The molecule has 1 aromatic rings. The molecule has 2 fully saturated rings. The van der Waals surface area contributed by atoms with E-state index in [9.17, 15) is 9.90 Å². The normalized spacial score (nSPS) is 24.6. The zero-order chi connectivity index (χ0) is 27.5. The van der Waals surface area contributed by atoms with Crippen molar-refractivity contribution in [3.63, 3.8) is 0 Å². The standard InChI is InChI=1S/C29H47ClFN3O4/c1-32-19-23(18-21-11-13-24(38-3)14-12-21)33-28(35)34-16-7-8-22(20-34)29(36,15-4-5-17-37-2)25-9-6-10-26(30)27(25)31/h6,9-10,21-24,32,36H,4-5,7-8,11-20H2,1-3H3,(H,33,35). The molecule has 216 valence electrons. The van der Waals surface area contributed by atoms with E-state index in [1.165, 1.54) is 6.07 Å². The molecule has 2 amide bonds. The highest BCUT2D eigenvalue weighted by molar-refractivity contribution is 6.30. The van der Waals surface area contributed by atoms with Crippen molar-refractivity contribution in [2.45, 2.75) is 82.0 Å². The maximum Gasteiger partial charge on any atom is 0.317 e. The molecule has 7 nitrogen and oxygen atoms in total. The first kappa shape index (κ1) is 31.1. The fourth-order valence-corrected chi connectivity index (χ4v) is 6.47. The molecule has 2 aliphatic rings. The Labute approximate surface area is 232 Å². The van der Waals surface area contributed by atoms with Gasteiger partial charge in [-0.25, -0.2) is 9.18 Å². The minimum absolute atomic E-state index is 0.00216. The average Bonchev–Trinajstić information content (AvgIpc) is 2.93. The zero-order valence-corrected chi connectivity index (χ0v) is 24.1. The molecule has 0 aromatic heterocycles. The highest BCUT2D eigenvalue weighted by atomic mass is 35.5. The Morgan fingerprint density at radius 3 is 2.68 bits per heavy atom. The first-order valence-electron chi connectivity index (χ1n) is 14.2. The van der Waals surface area contributed by atoms with E-state index in [0.717, 1.165) is 44.9 Å². The maximum absolute atomic E-state index is 15.2. The molecule has 0 bridgehead atoms. The lowest BCUT2D eigenvalue weighted by Crippen LogP contribution is -2.54. The van der Waals surface area contributed by atoms with Gasteiger partial charge in [0.25, 0.3) is 0 Å². The summed E-state index contributed by atoms with van der Waals surface area (Å²) in [6, 6.07) is 4.70. The second kappa shape index (κ2) is 15.4. The minimum atomic E-state index is -1.42. The number of nitrogens with zero attached hydrogens (tertiary/aromatic N) is 1. The Morgan fingerprint density at radius 2 is 2.00 bits per heavy atom. The van der Waals surface area contributed by atoms with Crippen LogP contribution in [-0.2, 0) is 15.1 Å². The van der Waals surface area contributed by atoms with E-state index in [-0.39, 0.29) is 28.6 Å². The Morgan fingerprint density at radius 1 is 1.24 bits per heavy atom. The summed E-state index contributed by atoms with van der Waals surface area (Å²) in [6.07, 6.45) is 8.91. The van der Waals surface area contributed by atoms with Crippen molar-refractivity contribution < 1.29 is 23.8 Å². The molecule has 0 radical (unpaired) electrons. The highest BCUT2D eigenvalue weighted by Gasteiger charge is 2.43. The first-order chi connectivity index (χ1) is 18.3. The third kappa shape index (κ3) is 8.28. The number of urea groups is 1. The number of hydrogen-bond donors (Lipinski definition) is 3. The van der Waals surface area contributed by atoms with E-state index in [0.29, 0.717) is 57.5 Å². The third-order valence-corrected chi connectivity index (χ3v) is 8.77. The second-order valence-electron chi connectivity index (χ2n) is 11.1. The first-order valence-corrected chi connectivity index (χ1v) is 14.6. The molecule has 1 aliphatic carbocycles. The van der Waals surface area contributed by atoms with Crippen molar-refractivity contribution in [1.82, 2.24) is 15.5 Å². The summed E-state index contributed by atoms with van der Waals surface area (Å²) < 4.78 is 25.9. The van der Waals surface area contributed by atoms with Crippen LogP contribution in [0.1, 0.15) is 69.8 Å². The number of aliphatic hydroxyl groups is 1. The van der Waals surface area contributed by atoms with E-state index in [1.54, 1.807) is 31.3 Å². The largest absolute Gasteiger partial charge is 0.385 e. The lowest BCUT2D eigenvalue weighted by molar-refractivity contribution is -0.0587. The van der Waals surface area contributed by atoms with Gasteiger partial charge in [-0.3, -0.25) is 0 Å². The van der Waals surface area contributed by atoms with E-state index in [2.05, 4.69) is 10.6 Å². The number of ether oxygens (including phenoxy) is 2. The monoisotopic (exact) mass is 555 g/mol. The minimum Gasteiger partial charge on any atom is -0.385 e. The van der Waals surface area contributed by atoms with Gasteiger partial charge in [0.05, 0.1) is 16.7 Å². The summed E-state index contributed by atoms with van der Waals surface area (Å²) in [5.74, 6) is -0.316. The van der Waals surface area contributed by atoms with Crippen LogP contribution in [0.15, 0.2) is 18.2 Å². The lowest BCUT2D eigenvalue weighted by Gasteiger charge is -2.43. The number of piperidine rings is 1. The number of rotatable bonds is 13. The van der Waals surface area contributed by atoms with E-state index >= 15 is 4.39 Å². The van der Waals surface area contributed by atoms with Gasteiger partial charge in [-0.05, 0) is 83.2 Å². The van der Waals surface area contributed by atoms with Gasteiger partial charge in [0.2, 0.25) is 0 Å².